The first-order valence-corrected chi connectivity index (χ1v) is 14.6. The first-order chi connectivity index (χ1) is 18.2. The van der Waals surface area contributed by atoms with Crippen molar-refractivity contribution in [3.63, 3.8) is 0 Å². The molecule has 4 aliphatic rings. The van der Waals surface area contributed by atoms with E-state index < -0.39 is 45.7 Å². The fraction of sp³-hybridized carbons (Fsp3) is 0.560. The molecule has 1 aromatic carbocycles. The van der Waals surface area contributed by atoms with Crippen LogP contribution in [0.2, 0.25) is 0 Å². The van der Waals surface area contributed by atoms with Gasteiger partial charge >= 0.3 is 6.18 Å². The number of amides is 2. The first kappa shape index (κ1) is 26.1. The molecule has 2 N–H and O–H groups in total. The number of sulfone groups is 1. The monoisotopic (exact) mass is 568 g/mol. The van der Waals surface area contributed by atoms with Crippen LogP contribution >= 0.6 is 0 Å². The van der Waals surface area contributed by atoms with Crippen molar-refractivity contribution in [2.24, 2.45) is 5.41 Å². The summed E-state index contributed by atoms with van der Waals surface area (Å²) in [5.41, 5.74) is 1.51. The molecule has 14 heteroatoms. The van der Waals surface area contributed by atoms with E-state index in [-0.39, 0.29) is 28.6 Å². The molecule has 39 heavy (non-hydrogen) atoms. The number of ether oxygens (including phenoxy) is 2. The molecule has 6 rings (SSSR count). The van der Waals surface area contributed by atoms with E-state index in [1.165, 1.54) is 6.07 Å². The maximum absolute atomic E-state index is 13.6. The molecule has 1 saturated carbocycles. The lowest BCUT2D eigenvalue weighted by Gasteiger charge is -2.53. The largest absolute Gasteiger partial charge is 0.484 e. The molecule has 1 saturated heterocycles. The molecule has 3 heterocycles. The molecule has 10 nitrogen and oxygen atoms in total. The van der Waals surface area contributed by atoms with Crippen LogP contribution in [-0.2, 0) is 37.7 Å². The minimum atomic E-state index is -4.45. The summed E-state index contributed by atoms with van der Waals surface area (Å²) < 4.78 is 73.1. The molecule has 2 aliphatic heterocycles. The second-order valence-electron chi connectivity index (χ2n) is 11.2. The zero-order valence-electron chi connectivity index (χ0n) is 21.1. The van der Waals surface area contributed by atoms with Gasteiger partial charge in [-0.1, -0.05) is 6.07 Å². The molecule has 0 bridgehead atoms. The third-order valence-electron chi connectivity index (χ3n) is 8.00. The molecule has 2 aromatic rings. The van der Waals surface area contributed by atoms with E-state index in [0.29, 0.717) is 38.2 Å². The van der Waals surface area contributed by atoms with E-state index in [1.54, 1.807) is 16.8 Å². The SMILES string of the molecule is CS(=O)(=O)CC(=O)Nc1c2c(nn1C1CC3(COC3)C1)C[C@]1(CCc3cc(OCC(F)(F)F)ccc31)NC2=O. The Bertz CT molecular complexity index is 1480. The number of benzene rings is 1. The number of anilines is 1. The number of hydrogen-bond acceptors (Lipinski definition) is 7. The number of hydrogen-bond donors (Lipinski definition) is 2. The number of carbonyl (C=O) groups is 2. The summed E-state index contributed by atoms with van der Waals surface area (Å²) in [6.45, 7) is -0.0958. The third-order valence-corrected chi connectivity index (χ3v) is 8.79. The Hall–Kier alpha value is -3.13. The van der Waals surface area contributed by atoms with Crippen LogP contribution in [0.3, 0.4) is 0 Å². The van der Waals surface area contributed by atoms with Gasteiger partial charge in [0.2, 0.25) is 5.91 Å². The van der Waals surface area contributed by atoms with Gasteiger partial charge in [-0.25, -0.2) is 13.1 Å². The Kier molecular flexibility index (Phi) is 5.81. The molecular formula is C25H27F3N4O6S. The third kappa shape index (κ3) is 4.77. The van der Waals surface area contributed by atoms with Crippen molar-refractivity contribution in [1.29, 1.82) is 0 Å². The number of aromatic nitrogens is 2. The molecule has 2 spiro atoms. The molecule has 210 valence electrons. The van der Waals surface area contributed by atoms with Gasteiger partial charge in [0.25, 0.3) is 5.91 Å². The Labute approximate surface area is 222 Å². The molecule has 2 fully saturated rings. The summed E-state index contributed by atoms with van der Waals surface area (Å²) in [7, 11) is -3.60. The number of nitrogens with zero attached hydrogens (tertiary/aromatic N) is 2. The summed E-state index contributed by atoms with van der Waals surface area (Å²) in [5, 5.41) is 10.5. The summed E-state index contributed by atoms with van der Waals surface area (Å²) >= 11 is 0. The predicted octanol–water partition coefficient (Wildman–Crippen LogP) is 2.29. The predicted molar refractivity (Wildman–Crippen MR) is 131 cm³/mol. The molecule has 0 radical (unpaired) electrons. The van der Waals surface area contributed by atoms with Crippen molar-refractivity contribution in [3.05, 3.63) is 40.6 Å². The summed E-state index contributed by atoms with van der Waals surface area (Å²) in [6.07, 6.45) is -0.614. The van der Waals surface area contributed by atoms with E-state index in [1.807, 2.05) is 0 Å². The average Bonchev–Trinajstić information content (AvgIpc) is 3.27. The van der Waals surface area contributed by atoms with Gasteiger partial charge in [0.05, 0.1) is 30.5 Å². The van der Waals surface area contributed by atoms with Crippen LogP contribution in [-0.4, -0.2) is 68.0 Å². The second kappa shape index (κ2) is 8.68. The first-order valence-electron chi connectivity index (χ1n) is 12.6. The van der Waals surface area contributed by atoms with Crippen LogP contribution in [0.15, 0.2) is 18.2 Å². The summed E-state index contributed by atoms with van der Waals surface area (Å²) in [4.78, 5) is 26.1. The highest BCUT2D eigenvalue weighted by Gasteiger charge is 2.53. The Balaban J connectivity index is 1.31. The number of nitrogens with one attached hydrogen (secondary N) is 2. The molecule has 1 atom stereocenters. The van der Waals surface area contributed by atoms with E-state index in [2.05, 4.69) is 10.6 Å². The van der Waals surface area contributed by atoms with Crippen molar-refractivity contribution in [3.8, 4) is 5.75 Å². The van der Waals surface area contributed by atoms with E-state index >= 15 is 0 Å². The van der Waals surface area contributed by atoms with Crippen molar-refractivity contribution < 1.29 is 40.7 Å². The topological polar surface area (TPSA) is 129 Å². The standard InChI is InChI=1S/C25H27F3N4O6S/c1-39(35,36)10-19(33)29-21-20-18(31-32(21)15-7-23(8-15)11-37-12-23)9-24(30-22(20)34)5-4-14-6-16(2-3-17(14)24)38-13-25(26,27)28/h2-3,6,15H,4-5,7-13H2,1H3,(H,29,33)(H,30,34)/t24-/m0/s1. The zero-order valence-corrected chi connectivity index (χ0v) is 21.9. The van der Waals surface area contributed by atoms with Gasteiger partial charge in [-0.05, 0) is 48.9 Å². The summed E-state index contributed by atoms with van der Waals surface area (Å²) in [5.74, 6) is -1.66. The number of rotatable bonds is 6. The van der Waals surface area contributed by atoms with E-state index in [0.717, 1.165) is 30.2 Å². The number of alkyl halides is 3. The fourth-order valence-electron chi connectivity index (χ4n) is 6.28. The zero-order chi connectivity index (χ0) is 27.8. The van der Waals surface area contributed by atoms with Crippen molar-refractivity contribution >= 4 is 27.5 Å². The molecule has 0 unspecified atom stereocenters. The summed E-state index contributed by atoms with van der Waals surface area (Å²) in [6, 6.07) is 4.63. The minimum absolute atomic E-state index is 0.0743. The van der Waals surface area contributed by atoms with Crippen LogP contribution < -0.4 is 15.4 Å². The molecule has 1 aromatic heterocycles. The van der Waals surface area contributed by atoms with Gasteiger partial charge in [0.15, 0.2) is 16.4 Å². The van der Waals surface area contributed by atoms with Gasteiger partial charge < -0.3 is 20.1 Å². The number of halogens is 3. The number of aryl methyl sites for hydroxylation is 1. The maximum atomic E-state index is 13.6. The quantitative estimate of drug-likeness (QED) is 0.547. The lowest BCUT2D eigenvalue weighted by atomic mass is 9.64. The van der Waals surface area contributed by atoms with E-state index in [4.69, 9.17) is 14.6 Å². The van der Waals surface area contributed by atoms with Gasteiger partial charge in [0.1, 0.15) is 22.9 Å². The Morgan fingerprint density at radius 3 is 2.69 bits per heavy atom. The van der Waals surface area contributed by atoms with Crippen LogP contribution in [0.1, 0.15) is 52.5 Å². The van der Waals surface area contributed by atoms with Crippen molar-refractivity contribution in [1.82, 2.24) is 15.1 Å². The average molecular weight is 569 g/mol. The Morgan fingerprint density at radius 1 is 1.31 bits per heavy atom. The van der Waals surface area contributed by atoms with Crippen LogP contribution in [0, 0.1) is 5.41 Å². The van der Waals surface area contributed by atoms with Crippen molar-refractivity contribution in [2.75, 3.05) is 37.1 Å². The molecule has 2 amide bonds. The highest BCUT2D eigenvalue weighted by atomic mass is 32.2. The smallest absolute Gasteiger partial charge is 0.422 e. The van der Waals surface area contributed by atoms with Crippen molar-refractivity contribution in [2.45, 2.75) is 49.9 Å². The number of carbonyl (C=O) groups excluding carboxylic acids is 2. The van der Waals surface area contributed by atoms with Gasteiger partial charge in [-0.2, -0.15) is 18.3 Å². The van der Waals surface area contributed by atoms with Gasteiger partial charge in [0, 0.05) is 18.1 Å². The Morgan fingerprint density at radius 2 is 2.05 bits per heavy atom. The van der Waals surface area contributed by atoms with Gasteiger partial charge in [-0.3, -0.25) is 9.59 Å². The molecule has 2 aliphatic carbocycles. The van der Waals surface area contributed by atoms with Crippen LogP contribution in [0.5, 0.6) is 5.75 Å². The van der Waals surface area contributed by atoms with Crippen LogP contribution in [0.25, 0.3) is 0 Å². The lowest BCUT2D eigenvalue weighted by molar-refractivity contribution is -0.175. The normalized spacial score (nSPS) is 23.5. The lowest BCUT2D eigenvalue weighted by Crippen LogP contribution is -2.52. The molecular weight excluding hydrogens is 541 g/mol. The number of fused-ring (bicyclic) bond motifs is 3. The minimum Gasteiger partial charge on any atom is -0.484 e. The van der Waals surface area contributed by atoms with Crippen LogP contribution in [0.4, 0.5) is 19.0 Å². The second-order valence-corrected chi connectivity index (χ2v) is 13.4. The highest BCUT2D eigenvalue weighted by molar-refractivity contribution is 7.91. The van der Waals surface area contributed by atoms with E-state index in [9.17, 15) is 31.2 Å². The fourth-order valence-corrected chi connectivity index (χ4v) is 6.83. The van der Waals surface area contributed by atoms with Gasteiger partial charge in [-0.15, -0.1) is 0 Å². The maximum Gasteiger partial charge on any atom is 0.422 e. The highest BCUT2D eigenvalue weighted by Crippen LogP contribution is 2.54.